The molecule has 1 aromatic carbocycles. The lowest BCUT2D eigenvalue weighted by Gasteiger charge is -2.03. The number of aldehydes is 1. The average molecular weight is 225 g/mol. The van der Waals surface area contributed by atoms with E-state index in [0.29, 0.717) is 5.69 Å². The summed E-state index contributed by atoms with van der Waals surface area (Å²) in [6, 6.07) is 9.81. The monoisotopic (exact) mass is 225 g/mol. The fourth-order valence-electron chi connectivity index (χ4n) is 1.99. The molecule has 0 aliphatic heterocycles. The number of fused-ring (bicyclic) bond motifs is 1. The largest absolute Gasteiger partial charge is 0.361 e. The Balaban J connectivity index is 2.18. The fraction of sp³-hybridized carbons (Fsp3) is 0.0769. The standard InChI is InChI=1S/C13H11N3O/c1-9-6-11(8-17)15-16(9)12-2-3-13-10(7-12)4-5-14-13/h2-8,14H,1H3. The van der Waals surface area contributed by atoms with Crippen LogP contribution in [0.3, 0.4) is 0 Å². The van der Waals surface area contributed by atoms with Gasteiger partial charge in [0.2, 0.25) is 0 Å². The highest BCUT2D eigenvalue weighted by Crippen LogP contribution is 2.18. The Morgan fingerprint density at radius 1 is 1.29 bits per heavy atom. The van der Waals surface area contributed by atoms with E-state index in [1.54, 1.807) is 10.7 Å². The van der Waals surface area contributed by atoms with E-state index in [0.717, 1.165) is 28.6 Å². The van der Waals surface area contributed by atoms with Crippen molar-refractivity contribution < 1.29 is 4.79 Å². The number of H-pyrrole nitrogens is 1. The molecule has 1 N–H and O–H groups in total. The van der Waals surface area contributed by atoms with Gasteiger partial charge in [0, 0.05) is 22.8 Å². The highest BCUT2D eigenvalue weighted by atomic mass is 16.1. The molecule has 4 heteroatoms. The van der Waals surface area contributed by atoms with Crippen LogP contribution in [0.4, 0.5) is 0 Å². The summed E-state index contributed by atoms with van der Waals surface area (Å²) >= 11 is 0. The first-order valence-electron chi connectivity index (χ1n) is 5.37. The maximum absolute atomic E-state index is 10.7. The predicted octanol–water partition coefficient (Wildman–Crippen LogP) is 2.47. The minimum atomic E-state index is 0.455. The Morgan fingerprint density at radius 3 is 2.94 bits per heavy atom. The second kappa shape index (κ2) is 3.59. The van der Waals surface area contributed by atoms with Crippen molar-refractivity contribution >= 4 is 17.2 Å². The van der Waals surface area contributed by atoms with E-state index in [4.69, 9.17) is 0 Å². The normalized spacial score (nSPS) is 10.9. The average Bonchev–Trinajstić information content (AvgIpc) is 2.93. The van der Waals surface area contributed by atoms with Gasteiger partial charge in [0.05, 0.1) is 5.69 Å². The van der Waals surface area contributed by atoms with Gasteiger partial charge in [0.15, 0.2) is 6.29 Å². The van der Waals surface area contributed by atoms with E-state index in [-0.39, 0.29) is 0 Å². The Labute approximate surface area is 97.9 Å². The molecule has 0 atom stereocenters. The molecular formula is C13H11N3O. The van der Waals surface area contributed by atoms with E-state index < -0.39 is 0 Å². The predicted molar refractivity (Wildman–Crippen MR) is 65.5 cm³/mol. The molecule has 0 saturated carbocycles. The number of hydrogen-bond donors (Lipinski definition) is 1. The smallest absolute Gasteiger partial charge is 0.170 e. The number of hydrogen-bond acceptors (Lipinski definition) is 2. The zero-order chi connectivity index (χ0) is 11.8. The second-order valence-electron chi connectivity index (χ2n) is 3.99. The van der Waals surface area contributed by atoms with Crippen molar-refractivity contribution in [1.29, 1.82) is 0 Å². The molecule has 0 saturated heterocycles. The summed E-state index contributed by atoms with van der Waals surface area (Å²) in [7, 11) is 0. The van der Waals surface area contributed by atoms with Crippen LogP contribution >= 0.6 is 0 Å². The number of benzene rings is 1. The van der Waals surface area contributed by atoms with Crippen LogP contribution in [0.1, 0.15) is 16.2 Å². The maximum atomic E-state index is 10.7. The first kappa shape index (κ1) is 9.84. The number of nitrogens with one attached hydrogen (secondary N) is 1. The van der Waals surface area contributed by atoms with Gasteiger partial charge in [-0.25, -0.2) is 4.68 Å². The zero-order valence-corrected chi connectivity index (χ0v) is 9.34. The van der Waals surface area contributed by atoms with Gasteiger partial charge >= 0.3 is 0 Å². The molecule has 0 aliphatic rings. The zero-order valence-electron chi connectivity index (χ0n) is 9.34. The molecule has 0 unspecified atom stereocenters. The number of nitrogens with zero attached hydrogens (tertiary/aromatic N) is 2. The lowest BCUT2D eigenvalue weighted by molar-refractivity contribution is 0.111. The summed E-state index contributed by atoms with van der Waals surface area (Å²) in [6.45, 7) is 1.93. The summed E-state index contributed by atoms with van der Waals surface area (Å²) in [4.78, 5) is 13.8. The Morgan fingerprint density at radius 2 is 2.18 bits per heavy atom. The number of aromatic nitrogens is 3. The Bertz CT molecular complexity index is 694. The maximum Gasteiger partial charge on any atom is 0.170 e. The molecule has 0 radical (unpaired) electrons. The van der Waals surface area contributed by atoms with Gasteiger partial charge in [-0.05, 0) is 37.3 Å². The third-order valence-electron chi connectivity index (χ3n) is 2.81. The van der Waals surface area contributed by atoms with Crippen molar-refractivity contribution in [3.05, 3.63) is 47.9 Å². The molecular weight excluding hydrogens is 214 g/mol. The third kappa shape index (κ3) is 1.54. The van der Waals surface area contributed by atoms with Crippen LogP contribution in [-0.2, 0) is 0 Å². The van der Waals surface area contributed by atoms with Crippen LogP contribution in [0.5, 0.6) is 0 Å². The van der Waals surface area contributed by atoms with E-state index in [1.807, 2.05) is 37.4 Å². The van der Waals surface area contributed by atoms with Gasteiger partial charge in [-0.1, -0.05) is 0 Å². The third-order valence-corrected chi connectivity index (χ3v) is 2.81. The van der Waals surface area contributed by atoms with Gasteiger partial charge in [-0.2, -0.15) is 5.10 Å². The van der Waals surface area contributed by atoms with Gasteiger partial charge < -0.3 is 4.98 Å². The highest BCUT2D eigenvalue weighted by molar-refractivity contribution is 5.81. The summed E-state index contributed by atoms with van der Waals surface area (Å²) in [5, 5.41) is 5.36. The Kier molecular flexibility index (Phi) is 2.08. The van der Waals surface area contributed by atoms with Crippen LogP contribution < -0.4 is 0 Å². The molecule has 0 aliphatic carbocycles. The van der Waals surface area contributed by atoms with Crippen molar-refractivity contribution in [2.75, 3.05) is 0 Å². The van der Waals surface area contributed by atoms with Crippen molar-refractivity contribution in [1.82, 2.24) is 14.8 Å². The van der Waals surface area contributed by atoms with Gasteiger partial charge in [-0.15, -0.1) is 0 Å². The van der Waals surface area contributed by atoms with Crippen LogP contribution in [0.15, 0.2) is 36.5 Å². The SMILES string of the molecule is Cc1cc(C=O)nn1-c1ccc2[nH]ccc2c1. The number of aryl methyl sites for hydroxylation is 1. The van der Waals surface area contributed by atoms with Crippen LogP contribution in [0.25, 0.3) is 16.6 Å². The number of rotatable bonds is 2. The van der Waals surface area contributed by atoms with E-state index in [1.165, 1.54) is 0 Å². The molecule has 3 rings (SSSR count). The summed E-state index contributed by atoms with van der Waals surface area (Å²) < 4.78 is 1.77. The lowest BCUT2D eigenvalue weighted by atomic mass is 10.2. The Hall–Kier alpha value is -2.36. The number of carbonyl (C=O) groups excluding carboxylic acids is 1. The first-order chi connectivity index (χ1) is 8.28. The van der Waals surface area contributed by atoms with E-state index >= 15 is 0 Å². The number of aromatic amines is 1. The topological polar surface area (TPSA) is 50.7 Å². The molecule has 4 nitrogen and oxygen atoms in total. The van der Waals surface area contributed by atoms with Gasteiger partial charge in [0.1, 0.15) is 5.69 Å². The van der Waals surface area contributed by atoms with E-state index in [9.17, 15) is 4.79 Å². The van der Waals surface area contributed by atoms with Crippen molar-refractivity contribution in [2.45, 2.75) is 6.92 Å². The first-order valence-corrected chi connectivity index (χ1v) is 5.37. The van der Waals surface area contributed by atoms with Crippen molar-refractivity contribution in [2.24, 2.45) is 0 Å². The van der Waals surface area contributed by atoms with Crippen LogP contribution in [0, 0.1) is 6.92 Å². The summed E-state index contributed by atoms with van der Waals surface area (Å²) in [5.41, 5.74) is 3.45. The van der Waals surface area contributed by atoms with Crippen molar-refractivity contribution in [3.8, 4) is 5.69 Å². The summed E-state index contributed by atoms with van der Waals surface area (Å²) in [5.74, 6) is 0. The van der Waals surface area contributed by atoms with E-state index in [2.05, 4.69) is 10.1 Å². The van der Waals surface area contributed by atoms with Gasteiger partial charge in [0.25, 0.3) is 0 Å². The molecule has 2 aromatic heterocycles. The molecule has 0 amide bonds. The quantitative estimate of drug-likeness (QED) is 0.681. The molecule has 2 heterocycles. The number of carbonyl (C=O) groups is 1. The minimum Gasteiger partial charge on any atom is -0.361 e. The molecule has 84 valence electrons. The molecule has 0 fully saturated rings. The fourth-order valence-corrected chi connectivity index (χ4v) is 1.99. The van der Waals surface area contributed by atoms with Crippen LogP contribution in [-0.4, -0.2) is 21.1 Å². The van der Waals surface area contributed by atoms with Crippen LogP contribution in [0.2, 0.25) is 0 Å². The highest BCUT2D eigenvalue weighted by Gasteiger charge is 2.06. The lowest BCUT2D eigenvalue weighted by Crippen LogP contribution is -1.98. The molecule has 0 bridgehead atoms. The molecule has 0 spiro atoms. The summed E-state index contributed by atoms with van der Waals surface area (Å²) in [6.07, 6.45) is 2.67. The van der Waals surface area contributed by atoms with Crippen molar-refractivity contribution in [3.63, 3.8) is 0 Å². The minimum absolute atomic E-state index is 0.455. The molecule has 3 aromatic rings. The molecule has 17 heavy (non-hydrogen) atoms. The van der Waals surface area contributed by atoms with Gasteiger partial charge in [-0.3, -0.25) is 4.79 Å². The second-order valence-corrected chi connectivity index (χ2v) is 3.99.